The second-order valence-electron chi connectivity index (χ2n) is 6.00. The average molecular weight is 297 g/mol. The highest BCUT2D eigenvalue weighted by molar-refractivity contribution is 5.46. The number of nitrogens with one attached hydrogen (secondary N) is 1. The fraction of sp³-hybridized carbons (Fsp3) is 0.688. The number of anilines is 1. The number of rotatable bonds is 9. The molecular weight excluding hydrogens is 269 g/mol. The number of ether oxygens (including phenoxy) is 1. The van der Waals surface area contributed by atoms with Gasteiger partial charge in [-0.2, -0.15) is 0 Å². The van der Waals surface area contributed by atoms with E-state index in [1.807, 2.05) is 25.8 Å². The molecule has 0 aliphatic rings. The van der Waals surface area contributed by atoms with E-state index in [1.165, 1.54) is 6.20 Å². The number of hydrogen-bond acceptors (Lipinski definition) is 4. The van der Waals surface area contributed by atoms with Gasteiger partial charge in [0.15, 0.2) is 0 Å². The highest BCUT2D eigenvalue weighted by Crippen LogP contribution is 2.17. The van der Waals surface area contributed by atoms with E-state index in [2.05, 4.69) is 24.1 Å². The van der Waals surface area contributed by atoms with Gasteiger partial charge in [-0.3, -0.25) is 0 Å². The summed E-state index contributed by atoms with van der Waals surface area (Å²) in [5.41, 5.74) is 0.877. The molecule has 0 aliphatic heterocycles. The lowest BCUT2D eigenvalue weighted by atomic mass is 10.2. The third-order valence-electron chi connectivity index (χ3n) is 3.02. The average Bonchev–Trinajstić information content (AvgIpc) is 2.37. The summed E-state index contributed by atoms with van der Waals surface area (Å²) in [6, 6.07) is 1.55. The van der Waals surface area contributed by atoms with Crippen LogP contribution in [0, 0.1) is 11.7 Å². The molecule has 0 aromatic carbocycles. The summed E-state index contributed by atoms with van der Waals surface area (Å²) in [6.45, 7) is 11.2. The van der Waals surface area contributed by atoms with Crippen LogP contribution >= 0.6 is 0 Å². The maximum atomic E-state index is 13.4. The number of aromatic nitrogens is 1. The molecule has 0 saturated heterocycles. The fourth-order valence-electron chi connectivity index (χ4n) is 1.97. The van der Waals surface area contributed by atoms with Crippen LogP contribution in [0.5, 0.6) is 0 Å². The molecule has 0 atom stereocenters. The van der Waals surface area contributed by atoms with Crippen molar-refractivity contribution in [1.82, 2.24) is 10.3 Å². The Labute approximate surface area is 127 Å². The van der Waals surface area contributed by atoms with E-state index in [4.69, 9.17) is 4.74 Å². The molecule has 0 fully saturated rings. The van der Waals surface area contributed by atoms with Crippen molar-refractivity contribution in [3.05, 3.63) is 23.6 Å². The summed E-state index contributed by atoms with van der Waals surface area (Å²) in [5.74, 6) is 1.07. The largest absolute Gasteiger partial charge is 0.377 e. The smallest absolute Gasteiger partial charge is 0.141 e. The molecule has 0 amide bonds. The zero-order chi connectivity index (χ0) is 15.8. The molecule has 0 bridgehead atoms. The minimum Gasteiger partial charge on any atom is -0.377 e. The van der Waals surface area contributed by atoms with Gasteiger partial charge < -0.3 is 15.0 Å². The Bertz CT molecular complexity index is 424. The van der Waals surface area contributed by atoms with Gasteiger partial charge in [-0.05, 0) is 32.4 Å². The third kappa shape index (κ3) is 6.87. The molecule has 0 saturated carbocycles. The fourth-order valence-corrected chi connectivity index (χ4v) is 1.97. The summed E-state index contributed by atoms with van der Waals surface area (Å²) in [7, 11) is 1.95. The number of pyridine rings is 1. The first-order valence-corrected chi connectivity index (χ1v) is 7.58. The lowest BCUT2D eigenvalue weighted by Crippen LogP contribution is -2.27. The Morgan fingerprint density at radius 1 is 1.33 bits per heavy atom. The van der Waals surface area contributed by atoms with E-state index >= 15 is 0 Å². The Balaban J connectivity index is 2.66. The second-order valence-corrected chi connectivity index (χ2v) is 6.00. The van der Waals surface area contributed by atoms with Crippen molar-refractivity contribution in [3.63, 3.8) is 0 Å². The summed E-state index contributed by atoms with van der Waals surface area (Å²) >= 11 is 0. The summed E-state index contributed by atoms with van der Waals surface area (Å²) < 4.78 is 19.0. The van der Waals surface area contributed by atoms with Gasteiger partial charge in [-0.1, -0.05) is 13.8 Å². The van der Waals surface area contributed by atoms with E-state index < -0.39 is 0 Å². The van der Waals surface area contributed by atoms with Crippen molar-refractivity contribution in [2.75, 3.05) is 31.6 Å². The van der Waals surface area contributed by atoms with Crippen molar-refractivity contribution in [2.45, 2.75) is 40.3 Å². The molecule has 0 radical (unpaired) electrons. The molecule has 21 heavy (non-hydrogen) atoms. The van der Waals surface area contributed by atoms with Crippen molar-refractivity contribution in [1.29, 1.82) is 0 Å². The molecule has 1 aromatic rings. The van der Waals surface area contributed by atoms with Crippen LogP contribution in [-0.4, -0.2) is 37.8 Å². The number of hydrogen-bond donors (Lipinski definition) is 1. The van der Waals surface area contributed by atoms with Gasteiger partial charge in [0.05, 0.1) is 18.9 Å². The van der Waals surface area contributed by atoms with Crippen LogP contribution < -0.4 is 10.2 Å². The van der Waals surface area contributed by atoms with Crippen LogP contribution in [0.1, 0.15) is 33.3 Å². The normalized spacial score (nSPS) is 11.4. The van der Waals surface area contributed by atoms with E-state index in [1.54, 1.807) is 6.07 Å². The number of halogens is 1. The topological polar surface area (TPSA) is 37.4 Å². The van der Waals surface area contributed by atoms with E-state index in [-0.39, 0.29) is 11.9 Å². The number of nitrogens with zero attached hydrogens (tertiary/aromatic N) is 2. The Morgan fingerprint density at radius 3 is 2.67 bits per heavy atom. The molecule has 0 spiro atoms. The molecule has 120 valence electrons. The van der Waals surface area contributed by atoms with Crippen molar-refractivity contribution in [2.24, 2.45) is 5.92 Å². The summed E-state index contributed by atoms with van der Waals surface area (Å²) in [4.78, 5) is 6.24. The zero-order valence-corrected chi connectivity index (χ0v) is 13.8. The molecule has 0 aliphatic carbocycles. The maximum Gasteiger partial charge on any atom is 0.141 e. The van der Waals surface area contributed by atoms with Crippen LogP contribution in [0.4, 0.5) is 10.2 Å². The second kappa shape index (κ2) is 8.95. The van der Waals surface area contributed by atoms with Gasteiger partial charge in [0, 0.05) is 25.7 Å². The molecule has 0 unspecified atom stereocenters. The van der Waals surface area contributed by atoms with Gasteiger partial charge in [-0.25, -0.2) is 9.37 Å². The molecule has 1 rings (SSSR count). The van der Waals surface area contributed by atoms with Gasteiger partial charge >= 0.3 is 0 Å². The van der Waals surface area contributed by atoms with Gasteiger partial charge in [0.2, 0.25) is 0 Å². The summed E-state index contributed by atoms with van der Waals surface area (Å²) in [6.07, 6.45) is 1.48. The van der Waals surface area contributed by atoms with E-state index in [0.717, 1.165) is 24.5 Å². The predicted octanol–water partition coefficient (Wildman–Crippen LogP) is 2.83. The van der Waals surface area contributed by atoms with E-state index in [9.17, 15) is 4.39 Å². The van der Waals surface area contributed by atoms with Crippen molar-refractivity contribution < 1.29 is 9.13 Å². The lowest BCUT2D eigenvalue weighted by Gasteiger charge is -2.22. The minimum atomic E-state index is -0.299. The number of likely N-dealkylation sites (N-methyl/N-ethyl adjacent to an activating group) is 1. The Morgan fingerprint density at radius 2 is 2.05 bits per heavy atom. The molecule has 1 aromatic heterocycles. The van der Waals surface area contributed by atoms with Gasteiger partial charge in [-0.15, -0.1) is 0 Å². The standard InChI is InChI=1S/C16H28FN3O/c1-12(2)9-18-10-14-8-15(17)11-19-16(14)20(5)6-7-21-13(3)4/h8,11-13,18H,6-7,9-10H2,1-5H3. The molecule has 1 heterocycles. The molecule has 1 N–H and O–H groups in total. The highest BCUT2D eigenvalue weighted by Gasteiger charge is 2.11. The Kier molecular flexibility index (Phi) is 7.61. The monoisotopic (exact) mass is 297 g/mol. The highest BCUT2D eigenvalue weighted by atomic mass is 19.1. The van der Waals surface area contributed by atoms with Crippen LogP contribution in [0.15, 0.2) is 12.3 Å². The first kappa shape index (κ1) is 17.9. The van der Waals surface area contributed by atoms with Crippen molar-refractivity contribution >= 4 is 5.82 Å². The zero-order valence-electron chi connectivity index (χ0n) is 13.8. The lowest BCUT2D eigenvalue weighted by molar-refractivity contribution is 0.0845. The van der Waals surface area contributed by atoms with Gasteiger partial charge in [0.1, 0.15) is 11.6 Å². The SMILES string of the molecule is CC(C)CNCc1cc(F)cnc1N(C)CCOC(C)C. The van der Waals surface area contributed by atoms with Crippen LogP contribution in [0.25, 0.3) is 0 Å². The Hall–Kier alpha value is -1.20. The first-order chi connectivity index (χ1) is 9.90. The maximum absolute atomic E-state index is 13.4. The van der Waals surface area contributed by atoms with Gasteiger partial charge in [0.25, 0.3) is 0 Å². The quantitative estimate of drug-likeness (QED) is 0.760. The van der Waals surface area contributed by atoms with Crippen LogP contribution in [0.3, 0.4) is 0 Å². The van der Waals surface area contributed by atoms with Crippen molar-refractivity contribution in [3.8, 4) is 0 Å². The molecule has 4 nitrogen and oxygen atoms in total. The summed E-state index contributed by atoms with van der Waals surface area (Å²) in [5, 5.41) is 3.33. The van der Waals surface area contributed by atoms with Crippen LogP contribution in [-0.2, 0) is 11.3 Å². The molecule has 5 heteroatoms. The molecular formula is C16H28FN3O. The predicted molar refractivity (Wildman–Crippen MR) is 85.1 cm³/mol. The van der Waals surface area contributed by atoms with E-state index in [0.29, 0.717) is 19.1 Å². The van der Waals surface area contributed by atoms with Crippen LogP contribution in [0.2, 0.25) is 0 Å². The first-order valence-electron chi connectivity index (χ1n) is 7.58. The third-order valence-corrected chi connectivity index (χ3v) is 3.02. The minimum absolute atomic E-state index is 0.215.